The fourth-order valence-corrected chi connectivity index (χ4v) is 3.64. The molecule has 1 saturated heterocycles. The van der Waals surface area contributed by atoms with E-state index < -0.39 is 0 Å². The molecule has 1 atom stereocenters. The number of nitrogens with zero attached hydrogens (tertiary/aromatic N) is 6. The van der Waals surface area contributed by atoms with Gasteiger partial charge in [-0.2, -0.15) is 0 Å². The van der Waals surface area contributed by atoms with Crippen molar-refractivity contribution in [3.8, 4) is 11.6 Å². The maximum absolute atomic E-state index is 5.92. The van der Waals surface area contributed by atoms with Crippen molar-refractivity contribution in [1.82, 2.24) is 30.0 Å². The van der Waals surface area contributed by atoms with Crippen molar-refractivity contribution < 1.29 is 4.42 Å². The highest BCUT2D eigenvalue weighted by Gasteiger charge is 2.30. The lowest BCUT2D eigenvalue weighted by Gasteiger charge is -2.21. The van der Waals surface area contributed by atoms with Crippen LogP contribution in [-0.4, -0.2) is 36.6 Å². The molecule has 134 valence electrons. The van der Waals surface area contributed by atoms with Gasteiger partial charge in [-0.05, 0) is 43.1 Å². The summed E-state index contributed by atoms with van der Waals surface area (Å²) in [5.41, 5.74) is 2.88. The topological polar surface area (TPSA) is 80.8 Å². The van der Waals surface area contributed by atoms with Crippen LogP contribution in [0.5, 0.6) is 0 Å². The molecule has 0 spiro atoms. The molecule has 4 heterocycles. The van der Waals surface area contributed by atoms with E-state index in [1.54, 1.807) is 18.6 Å². The Morgan fingerprint density at radius 2 is 2.07 bits per heavy atom. The molecule has 0 amide bonds. The van der Waals surface area contributed by atoms with Crippen LogP contribution in [0.4, 0.5) is 0 Å². The van der Waals surface area contributed by atoms with Gasteiger partial charge in [-0.1, -0.05) is 12.1 Å². The van der Waals surface area contributed by atoms with Crippen molar-refractivity contribution in [3.63, 3.8) is 0 Å². The number of pyridine rings is 1. The molecule has 3 aromatic heterocycles. The van der Waals surface area contributed by atoms with Crippen LogP contribution < -0.4 is 0 Å². The Labute approximate surface area is 156 Å². The number of fused-ring (bicyclic) bond motifs is 1. The fourth-order valence-electron chi connectivity index (χ4n) is 3.64. The maximum Gasteiger partial charge on any atom is 0.267 e. The van der Waals surface area contributed by atoms with Crippen LogP contribution in [-0.2, 0) is 6.54 Å². The standard InChI is InChI=1S/C20H18N6O/c1-3-15-11-14(5-6-16(15)22-7-1)13-26-10-2-4-18(26)20-25-24-19(27-20)17-12-21-8-9-23-17/h1,3,5-9,11-12,18H,2,4,10,13H2. The Kier molecular flexibility index (Phi) is 4.06. The lowest BCUT2D eigenvalue weighted by Crippen LogP contribution is -2.23. The molecule has 7 heteroatoms. The zero-order valence-corrected chi connectivity index (χ0v) is 14.7. The van der Waals surface area contributed by atoms with E-state index in [1.807, 2.05) is 12.3 Å². The minimum atomic E-state index is 0.132. The monoisotopic (exact) mass is 358 g/mol. The Morgan fingerprint density at radius 3 is 3.00 bits per heavy atom. The van der Waals surface area contributed by atoms with Gasteiger partial charge in [-0.25, -0.2) is 4.98 Å². The van der Waals surface area contributed by atoms with Gasteiger partial charge in [-0.3, -0.25) is 14.9 Å². The summed E-state index contributed by atoms with van der Waals surface area (Å²) in [6.45, 7) is 1.86. The molecule has 0 aliphatic carbocycles. The Morgan fingerprint density at radius 1 is 1.07 bits per heavy atom. The fraction of sp³-hybridized carbons (Fsp3) is 0.250. The van der Waals surface area contributed by atoms with Gasteiger partial charge in [0.1, 0.15) is 5.69 Å². The predicted octanol–water partition coefficient (Wildman–Crippen LogP) is 3.41. The van der Waals surface area contributed by atoms with E-state index in [1.165, 1.54) is 5.56 Å². The number of hydrogen-bond acceptors (Lipinski definition) is 7. The van der Waals surface area contributed by atoms with Crippen LogP contribution in [0.3, 0.4) is 0 Å². The average Bonchev–Trinajstić information content (AvgIpc) is 3.38. The van der Waals surface area contributed by atoms with Gasteiger partial charge in [0.2, 0.25) is 5.89 Å². The quantitative estimate of drug-likeness (QED) is 0.553. The van der Waals surface area contributed by atoms with Crippen molar-refractivity contribution in [3.05, 3.63) is 66.6 Å². The van der Waals surface area contributed by atoms with E-state index in [9.17, 15) is 0 Å². The van der Waals surface area contributed by atoms with Gasteiger partial charge in [0.25, 0.3) is 5.89 Å². The SMILES string of the molecule is c1cnc2ccc(CN3CCCC3c3nnc(-c4cnccn4)o3)cc2c1. The number of rotatable bonds is 4. The molecule has 1 aliphatic heterocycles. The second-order valence-corrected chi connectivity index (χ2v) is 6.70. The van der Waals surface area contributed by atoms with Crippen molar-refractivity contribution in [2.24, 2.45) is 0 Å². The Balaban J connectivity index is 1.38. The number of likely N-dealkylation sites (tertiary alicyclic amines) is 1. The molecule has 27 heavy (non-hydrogen) atoms. The van der Waals surface area contributed by atoms with Gasteiger partial charge in [0.05, 0.1) is 17.8 Å². The minimum Gasteiger partial charge on any atom is -0.417 e. The van der Waals surface area contributed by atoms with Crippen LogP contribution in [0.2, 0.25) is 0 Å². The van der Waals surface area contributed by atoms with Gasteiger partial charge < -0.3 is 4.42 Å². The molecule has 5 rings (SSSR count). The van der Waals surface area contributed by atoms with Crippen LogP contribution in [0.1, 0.15) is 30.3 Å². The third-order valence-electron chi connectivity index (χ3n) is 4.92. The third-order valence-corrected chi connectivity index (χ3v) is 4.92. The summed E-state index contributed by atoms with van der Waals surface area (Å²) in [6.07, 6.45) is 8.82. The summed E-state index contributed by atoms with van der Waals surface area (Å²) in [5.74, 6) is 1.07. The molecule has 1 fully saturated rings. The van der Waals surface area contributed by atoms with E-state index in [4.69, 9.17) is 4.42 Å². The van der Waals surface area contributed by atoms with Gasteiger partial charge in [0.15, 0.2) is 0 Å². The van der Waals surface area contributed by atoms with E-state index in [2.05, 4.69) is 54.3 Å². The largest absolute Gasteiger partial charge is 0.417 e. The molecule has 0 bridgehead atoms. The van der Waals surface area contributed by atoms with E-state index in [0.717, 1.165) is 36.8 Å². The zero-order chi connectivity index (χ0) is 18.1. The smallest absolute Gasteiger partial charge is 0.267 e. The summed E-state index contributed by atoms with van der Waals surface area (Å²) in [7, 11) is 0. The molecule has 1 aliphatic rings. The Bertz CT molecular complexity index is 1060. The van der Waals surface area contributed by atoms with Crippen molar-refractivity contribution >= 4 is 10.9 Å². The van der Waals surface area contributed by atoms with Gasteiger partial charge >= 0.3 is 0 Å². The second-order valence-electron chi connectivity index (χ2n) is 6.70. The van der Waals surface area contributed by atoms with E-state index in [-0.39, 0.29) is 6.04 Å². The summed E-state index contributed by atoms with van der Waals surface area (Å²) in [6, 6.07) is 10.6. The molecule has 7 nitrogen and oxygen atoms in total. The molecule has 0 radical (unpaired) electrons. The number of benzene rings is 1. The molecular weight excluding hydrogens is 340 g/mol. The van der Waals surface area contributed by atoms with Crippen molar-refractivity contribution in [2.45, 2.75) is 25.4 Å². The second kappa shape index (κ2) is 6.85. The average molecular weight is 358 g/mol. The highest BCUT2D eigenvalue weighted by molar-refractivity contribution is 5.78. The Hall–Kier alpha value is -3.19. The van der Waals surface area contributed by atoms with E-state index >= 15 is 0 Å². The number of aromatic nitrogens is 5. The van der Waals surface area contributed by atoms with Gasteiger partial charge in [0, 0.05) is 30.5 Å². The van der Waals surface area contributed by atoms with Crippen LogP contribution in [0.25, 0.3) is 22.5 Å². The summed E-state index contributed by atoms with van der Waals surface area (Å²) in [5, 5.41) is 9.60. The first kappa shape index (κ1) is 16.0. The first-order valence-corrected chi connectivity index (χ1v) is 9.04. The third kappa shape index (κ3) is 3.17. The van der Waals surface area contributed by atoms with Gasteiger partial charge in [-0.15, -0.1) is 10.2 Å². The van der Waals surface area contributed by atoms with Crippen molar-refractivity contribution in [1.29, 1.82) is 0 Å². The molecule has 1 aromatic carbocycles. The minimum absolute atomic E-state index is 0.132. The van der Waals surface area contributed by atoms with E-state index in [0.29, 0.717) is 17.5 Å². The first-order valence-electron chi connectivity index (χ1n) is 9.04. The molecule has 1 unspecified atom stereocenters. The first-order chi connectivity index (χ1) is 13.4. The summed E-state index contributed by atoms with van der Waals surface area (Å²) < 4.78 is 5.92. The predicted molar refractivity (Wildman–Crippen MR) is 99.5 cm³/mol. The van der Waals surface area contributed by atoms with Crippen molar-refractivity contribution in [2.75, 3.05) is 6.54 Å². The molecule has 4 aromatic rings. The highest BCUT2D eigenvalue weighted by Crippen LogP contribution is 2.33. The van der Waals surface area contributed by atoms with Crippen LogP contribution in [0.15, 0.2) is 59.5 Å². The molecular formula is C20H18N6O. The van der Waals surface area contributed by atoms with Crippen LogP contribution >= 0.6 is 0 Å². The summed E-state index contributed by atoms with van der Waals surface area (Å²) in [4.78, 5) is 15.1. The maximum atomic E-state index is 5.92. The lowest BCUT2D eigenvalue weighted by atomic mass is 10.1. The zero-order valence-electron chi connectivity index (χ0n) is 14.7. The molecule has 0 saturated carbocycles. The molecule has 0 N–H and O–H groups in total. The number of hydrogen-bond donors (Lipinski definition) is 0. The summed E-state index contributed by atoms with van der Waals surface area (Å²) >= 11 is 0. The van der Waals surface area contributed by atoms with Crippen LogP contribution in [0, 0.1) is 0 Å². The highest BCUT2D eigenvalue weighted by atomic mass is 16.4. The lowest BCUT2D eigenvalue weighted by molar-refractivity contribution is 0.215. The normalized spacial score (nSPS) is 17.6.